The molecule has 1 aromatic carbocycles. The molecule has 0 bridgehead atoms. The van der Waals surface area contributed by atoms with Gasteiger partial charge in [0.05, 0.1) is 25.9 Å². The maximum atomic E-state index is 12.7. The van der Waals surface area contributed by atoms with Crippen molar-refractivity contribution in [2.75, 3.05) is 27.3 Å². The molecule has 8 heteroatoms. The van der Waals surface area contributed by atoms with Crippen molar-refractivity contribution in [3.05, 3.63) is 63.1 Å². The number of nitrogens with zero attached hydrogens (tertiary/aromatic N) is 2. The molecule has 0 fully saturated rings. The molecule has 0 saturated carbocycles. The van der Waals surface area contributed by atoms with Gasteiger partial charge in [-0.3, -0.25) is 9.69 Å². The van der Waals surface area contributed by atoms with E-state index < -0.39 is 5.97 Å². The van der Waals surface area contributed by atoms with Crippen LogP contribution in [0.5, 0.6) is 5.75 Å². The van der Waals surface area contributed by atoms with Crippen LogP contribution in [0.2, 0.25) is 0 Å². The molecule has 0 unspecified atom stereocenters. The monoisotopic (exact) mass is 428 g/mol. The van der Waals surface area contributed by atoms with Gasteiger partial charge in [-0.25, -0.2) is 9.59 Å². The number of carbonyl (C=O) groups is 2. The molecule has 2 heterocycles. The summed E-state index contributed by atoms with van der Waals surface area (Å²) in [5, 5.41) is 0. The predicted molar refractivity (Wildman–Crippen MR) is 115 cm³/mol. The molecule has 166 valence electrons. The Morgan fingerprint density at radius 2 is 1.68 bits per heavy atom. The van der Waals surface area contributed by atoms with Crippen molar-refractivity contribution in [1.29, 1.82) is 0 Å². The van der Waals surface area contributed by atoms with E-state index in [9.17, 15) is 14.4 Å². The maximum Gasteiger partial charge on any atom is 0.343 e. The zero-order chi connectivity index (χ0) is 22.5. The number of hydrogen-bond donors (Lipinski definition) is 0. The van der Waals surface area contributed by atoms with Crippen LogP contribution in [0.25, 0.3) is 0 Å². The second-order valence-electron chi connectivity index (χ2n) is 7.69. The standard InChI is InChI=1S/C23H28N2O6/c1-15(2)31-19-13-20(26)25-12-11-24(10-9-18(25)21(19)23(28)30-4)14-16-5-7-17(8-6-16)22(27)29-3/h5-8,13,15H,9-12,14H2,1-4H3. The molecule has 0 saturated heterocycles. The Labute approximate surface area is 181 Å². The number of benzene rings is 1. The van der Waals surface area contributed by atoms with E-state index in [1.807, 2.05) is 26.0 Å². The minimum atomic E-state index is -0.508. The third kappa shape index (κ3) is 5.14. The van der Waals surface area contributed by atoms with Crippen molar-refractivity contribution < 1.29 is 23.8 Å². The Morgan fingerprint density at radius 1 is 1.00 bits per heavy atom. The van der Waals surface area contributed by atoms with E-state index in [2.05, 4.69) is 4.90 Å². The molecule has 31 heavy (non-hydrogen) atoms. The summed E-state index contributed by atoms with van der Waals surface area (Å²) < 4.78 is 17.1. The third-order valence-corrected chi connectivity index (χ3v) is 5.22. The van der Waals surface area contributed by atoms with Gasteiger partial charge in [-0.2, -0.15) is 0 Å². The average Bonchev–Trinajstić information content (AvgIpc) is 2.96. The Bertz CT molecular complexity index is 1010. The molecule has 2 aromatic rings. The first-order valence-corrected chi connectivity index (χ1v) is 10.2. The van der Waals surface area contributed by atoms with E-state index in [1.165, 1.54) is 20.3 Å². The second-order valence-corrected chi connectivity index (χ2v) is 7.69. The molecule has 3 rings (SSSR count). The summed E-state index contributed by atoms with van der Waals surface area (Å²) in [4.78, 5) is 39.1. The Kier molecular flexibility index (Phi) is 7.12. The van der Waals surface area contributed by atoms with Crippen LogP contribution in [0.4, 0.5) is 0 Å². The summed E-state index contributed by atoms with van der Waals surface area (Å²) in [5.41, 5.74) is 2.31. The molecule has 0 radical (unpaired) electrons. The maximum absolute atomic E-state index is 12.7. The van der Waals surface area contributed by atoms with Crippen molar-refractivity contribution in [3.8, 4) is 5.75 Å². The van der Waals surface area contributed by atoms with Crippen molar-refractivity contribution >= 4 is 11.9 Å². The second kappa shape index (κ2) is 9.78. The largest absolute Gasteiger partial charge is 0.490 e. The Hall–Kier alpha value is -3.13. The lowest BCUT2D eigenvalue weighted by Crippen LogP contribution is -2.29. The first kappa shape index (κ1) is 22.6. The molecule has 1 aliphatic rings. The average molecular weight is 428 g/mol. The summed E-state index contributed by atoms with van der Waals surface area (Å²) in [7, 11) is 2.68. The molecule has 0 spiro atoms. The normalized spacial score (nSPS) is 14.0. The van der Waals surface area contributed by atoms with E-state index in [0.29, 0.717) is 49.4 Å². The van der Waals surface area contributed by atoms with Crippen LogP contribution in [-0.2, 0) is 29.0 Å². The number of esters is 2. The van der Waals surface area contributed by atoms with E-state index in [0.717, 1.165) is 5.56 Å². The van der Waals surface area contributed by atoms with Gasteiger partial charge in [0.1, 0.15) is 11.3 Å². The minimum Gasteiger partial charge on any atom is -0.490 e. The van der Waals surface area contributed by atoms with E-state index in [4.69, 9.17) is 14.2 Å². The van der Waals surface area contributed by atoms with Gasteiger partial charge in [-0.1, -0.05) is 12.1 Å². The van der Waals surface area contributed by atoms with Crippen molar-refractivity contribution in [2.45, 2.75) is 39.5 Å². The lowest BCUT2D eigenvalue weighted by Gasteiger charge is -2.19. The molecule has 1 aliphatic heterocycles. The molecule has 0 atom stereocenters. The number of hydrogen-bond acceptors (Lipinski definition) is 7. The SMILES string of the molecule is COC(=O)c1ccc(CN2CCc3c(C(=O)OC)c(OC(C)C)cc(=O)n3CC2)cc1. The van der Waals surface area contributed by atoms with Crippen LogP contribution in [-0.4, -0.2) is 54.8 Å². The van der Waals surface area contributed by atoms with Gasteiger partial charge in [-0.15, -0.1) is 0 Å². The summed E-state index contributed by atoms with van der Waals surface area (Å²) in [6, 6.07) is 8.64. The van der Waals surface area contributed by atoms with Gasteiger partial charge in [0.25, 0.3) is 5.56 Å². The smallest absolute Gasteiger partial charge is 0.343 e. The quantitative estimate of drug-likeness (QED) is 0.652. The number of ether oxygens (including phenoxy) is 3. The summed E-state index contributed by atoms with van der Waals surface area (Å²) in [5.74, 6) is -0.609. The molecule has 0 aliphatic carbocycles. The number of methoxy groups -OCH3 is 2. The highest BCUT2D eigenvalue weighted by molar-refractivity contribution is 5.93. The first-order chi connectivity index (χ1) is 14.8. The van der Waals surface area contributed by atoms with E-state index in [-0.39, 0.29) is 23.4 Å². The van der Waals surface area contributed by atoms with Crippen molar-refractivity contribution in [3.63, 3.8) is 0 Å². The Balaban J connectivity index is 1.84. The van der Waals surface area contributed by atoms with Gasteiger partial charge in [0.2, 0.25) is 0 Å². The van der Waals surface area contributed by atoms with Crippen LogP contribution >= 0.6 is 0 Å². The highest BCUT2D eigenvalue weighted by Gasteiger charge is 2.26. The summed E-state index contributed by atoms with van der Waals surface area (Å²) in [6.07, 6.45) is 0.330. The lowest BCUT2D eigenvalue weighted by molar-refractivity contribution is 0.0585. The van der Waals surface area contributed by atoms with Gasteiger partial charge in [0, 0.05) is 44.4 Å². The fraction of sp³-hybridized carbons (Fsp3) is 0.435. The summed E-state index contributed by atoms with van der Waals surface area (Å²) >= 11 is 0. The van der Waals surface area contributed by atoms with Crippen LogP contribution < -0.4 is 10.3 Å². The number of rotatable bonds is 6. The number of aromatic nitrogens is 1. The van der Waals surface area contributed by atoms with Crippen LogP contribution in [0.3, 0.4) is 0 Å². The van der Waals surface area contributed by atoms with Gasteiger partial charge in [-0.05, 0) is 31.5 Å². The van der Waals surface area contributed by atoms with Crippen molar-refractivity contribution in [1.82, 2.24) is 9.47 Å². The molecule has 1 aromatic heterocycles. The van der Waals surface area contributed by atoms with Gasteiger partial charge >= 0.3 is 11.9 Å². The van der Waals surface area contributed by atoms with E-state index in [1.54, 1.807) is 16.7 Å². The molecular weight excluding hydrogens is 400 g/mol. The zero-order valence-electron chi connectivity index (χ0n) is 18.3. The number of carbonyl (C=O) groups excluding carboxylic acids is 2. The fourth-order valence-electron chi connectivity index (χ4n) is 3.74. The lowest BCUT2D eigenvalue weighted by atomic mass is 10.1. The van der Waals surface area contributed by atoms with E-state index >= 15 is 0 Å². The van der Waals surface area contributed by atoms with Crippen molar-refractivity contribution in [2.24, 2.45) is 0 Å². The highest BCUT2D eigenvalue weighted by atomic mass is 16.5. The topological polar surface area (TPSA) is 87.1 Å². The fourth-order valence-corrected chi connectivity index (χ4v) is 3.74. The Morgan fingerprint density at radius 3 is 2.29 bits per heavy atom. The molecule has 0 N–H and O–H groups in total. The van der Waals surface area contributed by atoms with Gasteiger partial charge < -0.3 is 18.8 Å². The van der Waals surface area contributed by atoms with Crippen LogP contribution in [0.1, 0.15) is 45.8 Å². The van der Waals surface area contributed by atoms with Gasteiger partial charge in [0.15, 0.2) is 0 Å². The summed E-state index contributed by atoms with van der Waals surface area (Å²) in [6.45, 7) is 6.12. The molecular formula is C23H28N2O6. The number of fused-ring (bicyclic) bond motifs is 1. The zero-order valence-corrected chi connectivity index (χ0v) is 18.3. The van der Waals surface area contributed by atoms with Crippen LogP contribution in [0.15, 0.2) is 35.1 Å². The molecule has 0 amide bonds. The minimum absolute atomic E-state index is 0.180. The third-order valence-electron chi connectivity index (χ3n) is 5.22. The van der Waals surface area contributed by atoms with Crippen LogP contribution in [0, 0.1) is 0 Å². The highest BCUT2D eigenvalue weighted by Crippen LogP contribution is 2.25. The first-order valence-electron chi connectivity index (χ1n) is 10.2. The molecule has 8 nitrogen and oxygen atoms in total. The predicted octanol–water partition coefficient (Wildman–Crippen LogP) is 2.27. The number of pyridine rings is 1.